The highest BCUT2D eigenvalue weighted by Crippen LogP contribution is 2.15. The van der Waals surface area contributed by atoms with Crippen molar-refractivity contribution in [2.75, 3.05) is 60.0 Å². The number of hydrogen-bond donors (Lipinski definition) is 3. The van der Waals surface area contributed by atoms with Crippen molar-refractivity contribution in [1.29, 1.82) is 0 Å². The fourth-order valence-electron chi connectivity index (χ4n) is 3.23. The lowest BCUT2D eigenvalue weighted by atomic mass is 9.94. The third kappa shape index (κ3) is 8.31. The summed E-state index contributed by atoms with van der Waals surface area (Å²) in [6.45, 7) is 12.7. The minimum atomic E-state index is 0.246. The van der Waals surface area contributed by atoms with Crippen molar-refractivity contribution >= 4 is 5.96 Å². The van der Waals surface area contributed by atoms with E-state index in [1.807, 2.05) is 0 Å². The average Bonchev–Trinajstić information content (AvgIpc) is 2.52. The summed E-state index contributed by atoms with van der Waals surface area (Å²) in [4.78, 5) is 9.57. The fraction of sp³-hybridized carbons (Fsp3) is 0.944. The zero-order valence-corrected chi connectivity index (χ0v) is 16.4. The van der Waals surface area contributed by atoms with Gasteiger partial charge in [-0.15, -0.1) is 0 Å². The van der Waals surface area contributed by atoms with E-state index in [9.17, 15) is 5.11 Å². The van der Waals surface area contributed by atoms with Crippen LogP contribution in [0.25, 0.3) is 0 Å². The summed E-state index contributed by atoms with van der Waals surface area (Å²) in [5, 5.41) is 16.1. The lowest BCUT2D eigenvalue weighted by molar-refractivity contribution is 0.116. The maximum absolute atomic E-state index is 9.26. The maximum Gasteiger partial charge on any atom is 0.191 e. The molecule has 1 aliphatic heterocycles. The van der Waals surface area contributed by atoms with Gasteiger partial charge in [0.25, 0.3) is 0 Å². The van der Waals surface area contributed by atoms with E-state index in [1.165, 1.54) is 0 Å². The summed E-state index contributed by atoms with van der Waals surface area (Å²) >= 11 is 0. The van der Waals surface area contributed by atoms with Crippen LogP contribution in [-0.4, -0.2) is 86.9 Å². The summed E-state index contributed by atoms with van der Waals surface area (Å²) in [5.41, 5.74) is 0. The third-order valence-electron chi connectivity index (χ3n) is 4.68. The summed E-state index contributed by atoms with van der Waals surface area (Å²) in [7, 11) is 4.38. The van der Waals surface area contributed by atoms with Crippen LogP contribution in [0.3, 0.4) is 0 Å². The quantitative estimate of drug-likeness (QED) is 0.428. The second-order valence-electron chi connectivity index (χ2n) is 7.51. The molecule has 1 fully saturated rings. The molecular formula is C18H39N5O. The normalized spacial score (nSPS) is 22.0. The van der Waals surface area contributed by atoms with Gasteiger partial charge in [-0.05, 0) is 45.7 Å². The van der Waals surface area contributed by atoms with Gasteiger partial charge < -0.3 is 20.6 Å². The summed E-state index contributed by atoms with van der Waals surface area (Å²) in [6, 6.07) is 0.511. The van der Waals surface area contributed by atoms with Crippen molar-refractivity contribution in [3.63, 3.8) is 0 Å². The number of aliphatic hydroxyl groups excluding tert-OH is 1. The molecule has 1 heterocycles. The molecule has 0 radical (unpaired) electrons. The molecule has 0 saturated carbocycles. The molecule has 142 valence electrons. The number of guanidine groups is 1. The van der Waals surface area contributed by atoms with Crippen molar-refractivity contribution in [1.82, 2.24) is 20.4 Å². The van der Waals surface area contributed by atoms with E-state index >= 15 is 0 Å². The van der Waals surface area contributed by atoms with E-state index < -0.39 is 0 Å². The molecule has 3 N–H and O–H groups in total. The summed E-state index contributed by atoms with van der Waals surface area (Å²) < 4.78 is 0. The van der Waals surface area contributed by atoms with Crippen LogP contribution in [-0.2, 0) is 0 Å². The number of aliphatic imine (C=N–C) groups is 1. The van der Waals surface area contributed by atoms with Gasteiger partial charge in [0.05, 0.1) is 0 Å². The van der Waals surface area contributed by atoms with E-state index in [-0.39, 0.29) is 6.61 Å². The number of likely N-dealkylation sites (N-methyl/N-ethyl adjacent to an activating group) is 2. The van der Waals surface area contributed by atoms with Crippen LogP contribution in [0.1, 0.15) is 33.6 Å². The SMILES string of the molecule is CCNC(=NCC(CCO)CC(C)C)NCC1CN(C)CCN1C. The Kier molecular flexibility index (Phi) is 10.3. The molecule has 2 atom stereocenters. The van der Waals surface area contributed by atoms with Crippen molar-refractivity contribution in [2.24, 2.45) is 16.8 Å². The lowest BCUT2D eigenvalue weighted by Crippen LogP contribution is -2.55. The van der Waals surface area contributed by atoms with Gasteiger partial charge in [-0.3, -0.25) is 9.89 Å². The molecule has 1 rings (SSSR count). The van der Waals surface area contributed by atoms with Crippen LogP contribution in [0.2, 0.25) is 0 Å². The molecule has 0 aromatic carbocycles. The summed E-state index contributed by atoms with van der Waals surface area (Å²) in [6.07, 6.45) is 1.94. The maximum atomic E-state index is 9.26. The largest absolute Gasteiger partial charge is 0.396 e. The second-order valence-corrected chi connectivity index (χ2v) is 7.51. The van der Waals surface area contributed by atoms with E-state index in [2.05, 4.69) is 55.3 Å². The van der Waals surface area contributed by atoms with Gasteiger partial charge in [0, 0.05) is 51.9 Å². The van der Waals surface area contributed by atoms with E-state index in [1.54, 1.807) is 0 Å². The first-order chi connectivity index (χ1) is 11.5. The van der Waals surface area contributed by atoms with Crippen LogP contribution in [0.5, 0.6) is 0 Å². The molecule has 0 aromatic rings. The van der Waals surface area contributed by atoms with E-state index in [4.69, 9.17) is 4.99 Å². The minimum Gasteiger partial charge on any atom is -0.396 e. The monoisotopic (exact) mass is 341 g/mol. The second kappa shape index (κ2) is 11.7. The smallest absolute Gasteiger partial charge is 0.191 e. The van der Waals surface area contributed by atoms with Gasteiger partial charge in [0.1, 0.15) is 0 Å². The number of rotatable bonds is 9. The van der Waals surface area contributed by atoms with Gasteiger partial charge in [0.15, 0.2) is 5.96 Å². The average molecular weight is 342 g/mol. The Bertz CT molecular complexity index is 361. The highest BCUT2D eigenvalue weighted by Gasteiger charge is 2.22. The third-order valence-corrected chi connectivity index (χ3v) is 4.68. The fourth-order valence-corrected chi connectivity index (χ4v) is 3.23. The molecule has 6 nitrogen and oxygen atoms in total. The van der Waals surface area contributed by atoms with Crippen molar-refractivity contribution in [3.05, 3.63) is 0 Å². The van der Waals surface area contributed by atoms with Crippen LogP contribution >= 0.6 is 0 Å². The summed E-state index contributed by atoms with van der Waals surface area (Å²) in [5.74, 6) is 1.98. The molecule has 0 bridgehead atoms. The molecule has 2 unspecified atom stereocenters. The highest BCUT2D eigenvalue weighted by molar-refractivity contribution is 5.79. The zero-order chi connectivity index (χ0) is 17.9. The zero-order valence-electron chi connectivity index (χ0n) is 16.4. The Labute approximate surface area is 148 Å². The molecular weight excluding hydrogens is 302 g/mol. The first-order valence-electron chi connectivity index (χ1n) is 9.48. The van der Waals surface area contributed by atoms with Crippen LogP contribution in [0.4, 0.5) is 0 Å². The molecule has 6 heteroatoms. The van der Waals surface area contributed by atoms with E-state index in [0.717, 1.165) is 58.1 Å². The molecule has 0 aromatic heterocycles. The highest BCUT2D eigenvalue weighted by atomic mass is 16.3. The Morgan fingerprint density at radius 2 is 2.00 bits per heavy atom. The molecule has 0 spiro atoms. The Morgan fingerprint density at radius 3 is 2.62 bits per heavy atom. The molecule has 0 amide bonds. The van der Waals surface area contributed by atoms with Gasteiger partial charge in [-0.25, -0.2) is 0 Å². The topological polar surface area (TPSA) is 63.1 Å². The van der Waals surface area contributed by atoms with Crippen molar-refractivity contribution in [2.45, 2.75) is 39.7 Å². The van der Waals surface area contributed by atoms with Crippen LogP contribution in [0.15, 0.2) is 4.99 Å². The Balaban J connectivity index is 2.54. The lowest BCUT2D eigenvalue weighted by Gasteiger charge is -2.38. The van der Waals surface area contributed by atoms with Crippen LogP contribution in [0, 0.1) is 11.8 Å². The first kappa shape index (κ1) is 21.2. The predicted octanol–water partition coefficient (Wildman–Crippen LogP) is 0.832. The Hall–Kier alpha value is -0.850. The molecule has 1 saturated heterocycles. The number of piperazine rings is 1. The number of aliphatic hydroxyl groups is 1. The predicted molar refractivity (Wildman–Crippen MR) is 103 cm³/mol. The molecule has 1 aliphatic rings. The van der Waals surface area contributed by atoms with Gasteiger partial charge in [-0.1, -0.05) is 13.8 Å². The Morgan fingerprint density at radius 1 is 1.25 bits per heavy atom. The molecule has 24 heavy (non-hydrogen) atoms. The van der Waals surface area contributed by atoms with Crippen molar-refractivity contribution < 1.29 is 5.11 Å². The number of hydrogen-bond acceptors (Lipinski definition) is 4. The molecule has 0 aliphatic carbocycles. The van der Waals surface area contributed by atoms with Crippen molar-refractivity contribution in [3.8, 4) is 0 Å². The first-order valence-corrected chi connectivity index (χ1v) is 9.48. The minimum absolute atomic E-state index is 0.246. The van der Waals surface area contributed by atoms with E-state index in [0.29, 0.717) is 17.9 Å². The van der Waals surface area contributed by atoms with Crippen LogP contribution < -0.4 is 10.6 Å². The van der Waals surface area contributed by atoms with Gasteiger partial charge >= 0.3 is 0 Å². The van der Waals surface area contributed by atoms with Gasteiger partial charge in [0.2, 0.25) is 0 Å². The van der Waals surface area contributed by atoms with Gasteiger partial charge in [-0.2, -0.15) is 0 Å². The standard InChI is InChI=1S/C18H39N5O/c1-6-19-18(20-12-16(7-10-24)11-15(2)3)21-13-17-14-22(4)8-9-23(17)5/h15-17,24H,6-14H2,1-5H3,(H2,19,20,21). The number of nitrogens with one attached hydrogen (secondary N) is 2. The number of nitrogens with zero attached hydrogens (tertiary/aromatic N) is 3.